The van der Waals surface area contributed by atoms with E-state index in [4.69, 9.17) is 27.7 Å². The van der Waals surface area contributed by atoms with E-state index >= 15 is 0 Å². The SMILES string of the molecule is Cc1noc(CCn2c(CCl)nc3c(Cl)cccc32)n1. The first-order valence-electron chi connectivity index (χ1n) is 6.18. The van der Waals surface area contributed by atoms with Crippen LogP contribution in [0.5, 0.6) is 0 Å². The number of hydrogen-bond acceptors (Lipinski definition) is 4. The van der Waals surface area contributed by atoms with E-state index < -0.39 is 0 Å². The first kappa shape index (κ1) is 13.4. The Kier molecular flexibility index (Phi) is 3.63. The molecule has 20 heavy (non-hydrogen) atoms. The average molecular weight is 311 g/mol. The summed E-state index contributed by atoms with van der Waals surface area (Å²) in [7, 11) is 0. The van der Waals surface area contributed by atoms with Crippen LogP contribution in [-0.4, -0.2) is 19.7 Å². The van der Waals surface area contributed by atoms with Crippen LogP contribution in [0.15, 0.2) is 22.7 Å². The highest BCUT2D eigenvalue weighted by Crippen LogP contribution is 2.24. The summed E-state index contributed by atoms with van der Waals surface area (Å²) in [4.78, 5) is 8.67. The summed E-state index contributed by atoms with van der Waals surface area (Å²) in [6.07, 6.45) is 0.628. The fraction of sp³-hybridized carbons (Fsp3) is 0.308. The molecule has 3 aromatic rings. The lowest BCUT2D eigenvalue weighted by atomic mass is 10.3. The van der Waals surface area contributed by atoms with Gasteiger partial charge in [0.25, 0.3) is 0 Å². The number of fused-ring (bicyclic) bond motifs is 1. The zero-order chi connectivity index (χ0) is 14.1. The zero-order valence-corrected chi connectivity index (χ0v) is 12.3. The van der Waals surface area contributed by atoms with Crippen molar-refractivity contribution < 1.29 is 4.52 Å². The van der Waals surface area contributed by atoms with E-state index in [2.05, 4.69) is 15.1 Å². The minimum absolute atomic E-state index is 0.327. The predicted molar refractivity (Wildman–Crippen MR) is 77.0 cm³/mol. The summed E-state index contributed by atoms with van der Waals surface area (Å²) in [6, 6.07) is 5.70. The highest BCUT2D eigenvalue weighted by Gasteiger charge is 2.13. The van der Waals surface area contributed by atoms with Crippen molar-refractivity contribution in [3.05, 3.63) is 40.8 Å². The molecule has 7 heteroatoms. The smallest absolute Gasteiger partial charge is 0.228 e. The van der Waals surface area contributed by atoms with Gasteiger partial charge in [0.2, 0.25) is 5.89 Å². The van der Waals surface area contributed by atoms with Crippen LogP contribution in [0.3, 0.4) is 0 Å². The first-order chi connectivity index (χ1) is 9.69. The molecule has 104 valence electrons. The quantitative estimate of drug-likeness (QED) is 0.693. The molecule has 2 aromatic heterocycles. The molecule has 0 unspecified atom stereocenters. The van der Waals surface area contributed by atoms with Crippen LogP contribution >= 0.6 is 23.2 Å². The normalized spacial score (nSPS) is 11.3. The van der Waals surface area contributed by atoms with Gasteiger partial charge in [-0.25, -0.2) is 4.98 Å². The second kappa shape index (κ2) is 5.42. The lowest BCUT2D eigenvalue weighted by Gasteiger charge is -2.05. The molecule has 0 aliphatic carbocycles. The van der Waals surface area contributed by atoms with Crippen LogP contribution in [0, 0.1) is 6.92 Å². The maximum absolute atomic E-state index is 6.16. The number of aryl methyl sites for hydroxylation is 3. The zero-order valence-electron chi connectivity index (χ0n) is 10.8. The third-order valence-corrected chi connectivity index (χ3v) is 3.59. The number of nitrogens with zero attached hydrogens (tertiary/aromatic N) is 4. The Labute approximate surface area is 125 Å². The summed E-state index contributed by atoms with van der Waals surface area (Å²) in [6.45, 7) is 2.46. The molecule has 0 bridgehead atoms. The van der Waals surface area contributed by atoms with Crippen molar-refractivity contribution in [2.45, 2.75) is 25.8 Å². The number of halogens is 2. The molecule has 1 aromatic carbocycles. The largest absolute Gasteiger partial charge is 0.339 e. The van der Waals surface area contributed by atoms with Crippen LogP contribution in [0.2, 0.25) is 5.02 Å². The Hall–Kier alpha value is -1.59. The van der Waals surface area contributed by atoms with Gasteiger partial charge in [-0.2, -0.15) is 4.98 Å². The van der Waals surface area contributed by atoms with E-state index in [0.717, 1.165) is 16.9 Å². The molecule has 2 heterocycles. The lowest BCUT2D eigenvalue weighted by Crippen LogP contribution is -2.05. The maximum Gasteiger partial charge on any atom is 0.228 e. The summed E-state index contributed by atoms with van der Waals surface area (Å²) in [5.74, 6) is 2.35. The van der Waals surface area contributed by atoms with Gasteiger partial charge >= 0.3 is 0 Å². The molecule has 5 nitrogen and oxygen atoms in total. The second-order valence-corrected chi connectivity index (χ2v) is 5.08. The van der Waals surface area contributed by atoms with E-state index in [1.54, 1.807) is 6.92 Å². The maximum atomic E-state index is 6.16. The second-order valence-electron chi connectivity index (χ2n) is 4.41. The van der Waals surface area contributed by atoms with Crippen LogP contribution in [0.25, 0.3) is 11.0 Å². The standard InChI is InChI=1S/C13H12Cl2N4O/c1-8-16-12(20-18-8)5-6-19-10-4-2-3-9(15)13(10)17-11(19)7-14/h2-4H,5-7H2,1H3. The molecule has 0 atom stereocenters. The fourth-order valence-corrected chi connectivity index (χ4v) is 2.58. The van der Waals surface area contributed by atoms with E-state index in [1.807, 2.05) is 22.8 Å². The van der Waals surface area contributed by atoms with Crippen LogP contribution in [0.1, 0.15) is 17.5 Å². The van der Waals surface area contributed by atoms with Gasteiger partial charge in [0, 0.05) is 13.0 Å². The molecule has 0 spiro atoms. The van der Waals surface area contributed by atoms with E-state index in [1.165, 1.54) is 0 Å². The van der Waals surface area contributed by atoms with Crippen LogP contribution < -0.4 is 0 Å². The Bertz CT molecular complexity index is 750. The average Bonchev–Trinajstić information content (AvgIpc) is 3.01. The third-order valence-electron chi connectivity index (χ3n) is 3.05. The van der Waals surface area contributed by atoms with Crippen molar-refractivity contribution in [1.82, 2.24) is 19.7 Å². The molecule has 0 amide bonds. The van der Waals surface area contributed by atoms with Gasteiger partial charge in [0.1, 0.15) is 11.3 Å². The summed E-state index contributed by atoms with van der Waals surface area (Å²) in [5, 5.41) is 4.40. The summed E-state index contributed by atoms with van der Waals surface area (Å²) in [5.41, 5.74) is 1.73. The number of benzene rings is 1. The predicted octanol–water partition coefficient (Wildman–Crippen LogP) is 3.36. The van der Waals surface area contributed by atoms with Crippen LogP contribution in [0.4, 0.5) is 0 Å². The molecular formula is C13H12Cl2N4O. The number of imidazole rings is 1. The minimum atomic E-state index is 0.327. The van der Waals surface area contributed by atoms with Crippen molar-refractivity contribution in [2.24, 2.45) is 0 Å². The molecule has 3 rings (SSSR count). The summed E-state index contributed by atoms with van der Waals surface area (Å²) >= 11 is 12.1. The van der Waals surface area contributed by atoms with Crippen molar-refractivity contribution in [3.8, 4) is 0 Å². The fourth-order valence-electron chi connectivity index (χ4n) is 2.16. The van der Waals surface area contributed by atoms with Crippen molar-refractivity contribution in [2.75, 3.05) is 0 Å². The van der Waals surface area contributed by atoms with Gasteiger partial charge in [-0.3, -0.25) is 0 Å². The van der Waals surface area contributed by atoms with E-state index in [0.29, 0.717) is 35.6 Å². The van der Waals surface area contributed by atoms with Gasteiger partial charge in [0.05, 0.1) is 16.4 Å². The van der Waals surface area contributed by atoms with Gasteiger partial charge in [-0.1, -0.05) is 22.8 Å². The molecule has 0 saturated heterocycles. The topological polar surface area (TPSA) is 56.7 Å². The molecule has 0 fully saturated rings. The highest BCUT2D eigenvalue weighted by atomic mass is 35.5. The van der Waals surface area contributed by atoms with Crippen molar-refractivity contribution in [1.29, 1.82) is 0 Å². The Morgan fingerprint density at radius 1 is 1.30 bits per heavy atom. The van der Waals surface area contributed by atoms with Gasteiger partial charge < -0.3 is 9.09 Å². The number of hydrogen-bond donors (Lipinski definition) is 0. The minimum Gasteiger partial charge on any atom is -0.339 e. The number of rotatable bonds is 4. The Balaban J connectivity index is 1.95. The molecule has 0 aliphatic rings. The number of para-hydroxylation sites is 1. The van der Waals surface area contributed by atoms with Crippen molar-refractivity contribution in [3.63, 3.8) is 0 Å². The van der Waals surface area contributed by atoms with E-state index in [-0.39, 0.29) is 0 Å². The molecule has 0 aliphatic heterocycles. The van der Waals surface area contributed by atoms with Gasteiger partial charge in [-0.15, -0.1) is 11.6 Å². The Morgan fingerprint density at radius 2 is 2.15 bits per heavy atom. The van der Waals surface area contributed by atoms with Crippen molar-refractivity contribution >= 4 is 34.2 Å². The monoisotopic (exact) mass is 310 g/mol. The van der Waals surface area contributed by atoms with Gasteiger partial charge in [-0.05, 0) is 19.1 Å². The Morgan fingerprint density at radius 3 is 2.85 bits per heavy atom. The molecular weight excluding hydrogens is 299 g/mol. The summed E-state index contributed by atoms with van der Waals surface area (Å²) < 4.78 is 7.15. The van der Waals surface area contributed by atoms with E-state index in [9.17, 15) is 0 Å². The van der Waals surface area contributed by atoms with Crippen LogP contribution in [-0.2, 0) is 18.8 Å². The molecule has 0 N–H and O–H groups in total. The number of aromatic nitrogens is 4. The highest BCUT2D eigenvalue weighted by molar-refractivity contribution is 6.35. The third kappa shape index (κ3) is 2.39. The molecule has 0 saturated carbocycles. The molecule has 0 radical (unpaired) electrons. The number of alkyl halides is 1. The van der Waals surface area contributed by atoms with Gasteiger partial charge in [0.15, 0.2) is 5.82 Å². The lowest BCUT2D eigenvalue weighted by molar-refractivity contribution is 0.368. The first-order valence-corrected chi connectivity index (χ1v) is 7.09.